The molecule has 4 heteroatoms. The summed E-state index contributed by atoms with van der Waals surface area (Å²) in [6.07, 6.45) is 0.214. The fraction of sp³-hybridized carbons (Fsp3) is 0.214. The standard InChI is InChI=1S/C14H12O3S/c1-16-11-6-7-18-14(11)13(15)12-8-9-4-2-3-5-10(9)17-12/h2-7,12H,8H2,1H3. The van der Waals surface area contributed by atoms with E-state index in [1.807, 2.05) is 29.6 Å². The minimum atomic E-state index is -0.421. The van der Waals surface area contributed by atoms with Crippen LogP contribution < -0.4 is 9.47 Å². The Kier molecular flexibility index (Phi) is 2.80. The summed E-state index contributed by atoms with van der Waals surface area (Å²) >= 11 is 1.39. The number of para-hydroxylation sites is 1. The Morgan fingerprint density at radius 3 is 3.00 bits per heavy atom. The third-order valence-corrected chi connectivity index (χ3v) is 3.92. The highest BCUT2D eigenvalue weighted by Gasteiger charge is 2.31. The van der Waals surface area contributed by atoms with Crippen molar-refractivity contribution in [2.45, 2.75) is 12.5 Å². The third kappa shape index (κ3) is 1.78. The van der Waals surface area contributed by atoms with Crippen molar-refractivity contribution in [3.05, 3.63) is 46.2 Å². The molecule has 0 saturated carbocycles. The van der Waals surface area contributed by atoms with E-state index in [0.29, 0.717) is 17.0 Å². The monoisotopic (exact) mass is 260 g/mol. The Morgan fingerprint density at radius 1 is 1.39 bits per heavy atom. The van der Waals surface area contributed by atoms with Crippen LogP contribution in [-0.4, -0.2) is 19.0 Å². The molecule has 1 aliphatic heterocycles. The number of carbonyl (C=O) groups excluding carboxylic acids is 1. The number of Topliss-reactive ketones (excluding diaryl/α,β-unsaturated/α-hetero) is 1. The predicted octanol–water partition coefficient (Wildman–Crippen LogP) is 2.94. The van der Waals surface area contributed by atoms with Crippen LogP contribution >= 0.6 is 11.3 Å². The van der Waals surface area contributed by atoms with Crippen LogP contribution in [0.2, 0.25) is 0 Å². The molecular formula is C14H12O3S. The van der Waals surface area contributed by atoms with Crippen molar-refractivity contribution in [3.8, 4) is 11.5 Å². The maximum absolute atomic E-state index is 12.4. The molecule has 2 heterocycles. The van der Waals surface area contributed by atoms with Gasteiger partial charge in [0.25, 0.3) is 0 Å². The lowest BCUT2D eigenvalue weighted by atomic mass is 10.1. The molecule has 18 heavy (non-hydrogen) atoms. The second-order valence-corrected chi connectivity index (χ2v) is 5.02. The van der Waals surface area contributed by atoms with Gasteiger partial charge in [-0.2, -0.15) is 0 Å². The highest BCUT2D eigenvalue weighted by Crippen LogP contribution is 2.33. The minimum absolute atomic E-state index is 0.00181. The van der Waals surface area contributed by atoms with E-state index in [0.717, 1.165) is 11.3 Å². The number of methoxy groups -OCH3 is 1. The van der Waals surface area contributed by atoms with Gasteiger partial charge in [0.1, 0.15) is 16.4 Å². The van der Waals surface area contributed by atoms with Gasteiger partial charge in [-0.3, -0.25) is 4.79 Å². The Morgan fingerprint density at radius 2 is 2.22 bits per heavy atom. The van der Waals surface area contributed by atoms with Crippen LogP contribution in [0.4, 0.5) is 0 Å². The van der Waals surface area contributed by atoms with Crippen molar-refractivity contribution in [2.75, 3.05) is 7.11 Å². The molecule has 0 saturated heterocycles. The molecule has 1 aliphatic rings. The van der Waals surface area contributed by atoms with Gasteiger partial charge in [0, 0.05) is 6.42 Å². The van der Waals surface area contributed by atoms with Crippen LogP contribution in [0.25, 0.3) is 0 Å². The zero-order chi connectivity index (χ0) is 12.5. The molecule has 0 spiro atoms. The largest absolute Gasteiger partial charge is 0.495 e. The zero-order valence-electron chi connectivity index (χ0n) is 9.88. The molecule has 0 radical (unpaired) electrons. The molecule has 3 nitrogen and oxygen atoms in total. The number of fused-ring (bicyclic) bond motifs is 1. The van der Waals surface area contributed by atoms with Gasteiger partial charge in [0.05, 0.1) is 7.11 Å². The van der Waals surface area contributed by atoms with Crippen molar-refractivity contribution in [3.63, 3.8) is 0 Å². The summed E-state index contributed by atoms with van der Waals surface area (Å²) in [5.41, 5.74) is 1.09. The van der Waals surface area contributed by atoms with Crippen LogP contribution in [0.1, 0.15) is 15.2 Å². The summed E-state index contributed by atoms with van der Waals surface area (Å²) in [6.45, 7) is 0. The first-order valence-electron chi connectivity index (χ1n) is 5.70. The molecule has 92 valence electrons. The van der Waals surface area contributed by atoms with Gasteiger partial charge in [-0.1, -0.05) is 18.2 Å². The maximum atomic E-state index is 12.4. The second kappa shape index (κ2) is 4.46. The Hall–Kier alpha value is -1.81. The molecule has 1 unspecified atom stereocenters. The Bertz CT molecular complexity index is 563. The molecule has 0 N–H and O–H groups in total. The number of ether oxygens (including phenoxy) is 2. The maximum Gasteiger partial charge on any atom is 0.217 e. The van der Waals surface area contributed by atoms with Crippen LogP contribution in [-0.2, 0) is 6.42 Å². The summed E-state index contributed by atoms with van der Waals surface area (Å²) in [5.74, 6) is 1.44. The van der Waals surface area contributed by atoms with Gasteiger partial charge in [0.15, 0.2) is 6.10 Å². The van der Waals surface area contributed by atoms with Crippen LogP contribution in [0.3, 0.4) is 0 Å². The number of benzene rings is 1. The Balaban J connectivity index is 1.85. The average Bonchev–Trinajstić information content (AvgIpc) is 3.03. The topological polar surface area (TPSA) is 35.5 Å². The fourth-order valence-electron chi connectivity index (χ4n) is 2.11. The van der Waals surface area contributed by atoms with Gasteiger partial charge in [0.2, 0.25) is 5.78 Å². The van der Waals surface area contributed by atoms with Crippen LogP contribution in [0.5, 0.6) is 11.5 Å². The zero-order valence-corrected chi connectivity index (χ0v) is 10.7. The number of thiophene rings is 1. The number of ketones is 1. The van der Waals surface area contributed by atoms with E-state index in [4.69, 9.17) is 9.47 Å². The van der Waals surface area contributed by atoms with E-state index in [1.165, 1.54) is 11.3 Å². The third-order valence-electron chi connectivity index (χ3n) is 3.01. The van der Waals surface area contributed by atoms with Crippen molar-refractivity contribution in [2.24, 2.45) is 0 Å². The lowest BCUT2D eigenvalue weighted by Crippen LogP contribution is -2.24. The smallest absolute Gasteiger partial charge is 0.217 e. The summed E-state index contributed by atoms with van der Waals surface area (Å²) in [7, 11) is 1.57. The van der Waals surface area contributed by atoms with Crippen molar-refractivity contribution in [1.82, 2.24) is 0 Å². The van der Waals surface area contributed by atoms with Crippen LogP contribution in [0, 0.1) is 0 Å². The van der Waals surface area contributed by atoms with E-state index < -0.39 is 6.10 Å². The highest BCUT2D eigenvalue weighted by molar-refractivity contribution is 7.12. The van der Waals surface area contributed by atoms with Gasteiger partial charge < -0.3 is 9.47 Å². The molecule has 2 aromatic rings. The molecule has 1 aromatic heterocycles. The molecule has 1 aromatic carbocycles. The van der Waals surface area contributed by atoms with E-state index >= 15 is 0 Å². The SMILES string of the molecule is COc1ccsc1C(=O)C1Cc2ccccc2O1. The number of hydrogen-bond donors (Lipinski definition) is 0. The fourth-order valence-corrected chi connectivity index (χ4v) is 2.96. The summed E-state index contributed by atoms with van der Waals surface area (Å²) < 4.78 is 10.9. The molecule has 0 aliphatic carbocycles. The van der Waals surface area contributed by atoms with Crippen molar-refractivity contribution < 1.29 is 14.3 Å². The summed E-state index contributed by atoms with van der Waals surface area (Å²) in [5, 5.41) is 1.86. The molecule has 1 atom stereocenters. The first kappa shape index (κ1) is 11.3. The van der Waals surface area contributed by atoms with Gasteiger partial charge in [-0.25, -0.2) is 0 Å². The van der Waals surface area contributed by atoms with Crippen molar-refractivity contribution >= 4 is 17.1 Å². The summed E-state index contributed by atoms with van der Waals surface area (Å²) in [4.78, 5) is 13.0. The van der Waals surface area contributed by atoms with E-state index in [2.05, 4.69) is 0 Å². The predicted molar refractivity (Wildman–Crippen MR) is 69.8 cm³/mol. The second-order valence-electron chi connectivity index (χ2n) is 4.10. The minimum Gasteiger partial charge on any atom is -0.495 e. The number of hydrogen-bond acceptors (Lipinski definition) is 4. The quantitative estimate of drug-likeness (QED) is 0.796. The summed E-state index contributed by atoms with van der Waals surface area (Å²) in [6, 6.07) is 9.57. The van der Waals surface area contributed by atoms with Gasteiger partial charge in [-0.05, 0) is 23.1 Å². The van der Waals surface area contributed by atoms with Gasteiger partial charge in [-0.15, -0.1) is 11.3 Å². The van der Waals surface area contributed by atoms with Gasteiger partial charge >= 0.3 is 0 Å². The lowest BCUT2D eigenvalue weighted by Gasteiger charge is -2.09. The Labute approximate surface area is 109 Å². The molecule has 0 bridgehead atoms. The lowest BCUT2D eigenvalue weighted by molar-refractivity contribution is 0.0826. The first-order valence-corrected chi connectivity index (χ1v) is 6.58. The average molecular weight is 260 g/mol. The first-order chi connectivity index (χ1) is 8.79. The van der Waals surface area contributed by atoms with E-state index in [-0.39, 0.29) is 5.78 Å². The molecule has 0 fully saturated rings. The van der Waals surface area contributed by atoms with Crippen LogP contribution in [0.15, 0.2) is 35.7 Å². The normalized spacial score (nSPS) is 17.1. The van der Waals surface area contributed by atoms with E-state index in [9.17, 15) is 4.79 Å². The molecule has 3 rings (SSSR count). The number of rotatable bonds is 3. The molecular weight excluding hydrogens is 248 g/mol. The molecule has 0 amide bonds. The highest BCUT2D eigenvalue weighted by atomic mass is 32.1. The van der Waals surface area contributed by atoms with Crippen molar-refractivity contribution in [1.29, 1.82) is 0 Å². The number of carbonyl (C=O) groups is 1. The van der Waals surface area contributed by atoms with E-state index in [1.54, 1.807) is 13.2 Å².